The number of anilines is 1. The molecule has 0 unspecified atom stereocenters. The molecule has 5 heteroatoms. The van der Waals surface area contributed by atoms with Crippen molar-refractivity contribution in [3.8, 4) is 0 Å². The van der Waals surface area contributed by atoms with Gasteiger partial charge in [0, 0.05) is 0 Å². The van der Waals surface area contributed by atoms with Crippen LogP contribution in [0.2, 0.25) is 0 Å². The molecule has 1 aromatic carbocycles. The topological polar surface area (TPSA) is 56.7 Å². The van der Waals surface area contributed by atoms with Crippen LogP contribution in [-0.4, -0.2) is 14.5 Å². The lowest BCUT2D eigenvalue weighted by atomic mass is 10.1. The van der Waals surface area contributed by atoms with Crippen molar-refractivity contribution in [2.45, 2.75) is 13.5 Å². The van der Waals surface area contributed by atoms with Crippen LogP contribution in [0.1, 0.15) is 11.1 Å². The summed E-state index contributed by atoms with van der Waals surface area (Å²) in [6.45, 7) is 2.84. The summed E-state index contributed by atoms with van der Waals surface area (Å²) in [5.41, 5.74) is 9.20. The maximum absolute atomic E-state index is 5.87. The lowest BCUT2D eigenvalue weighted by Gasteiger charge is -2.07. The number of halogens is 1. The highest BCUT2D eigenvalue weighted by Crippen LogP contribution is 2.26. The van der Waals surface area contributed by atoms with Gasteiger partial charge in [-0.05, 0) is 34.5 Å². The summed E-state index contributed by atoms with van der Waals surface area (Å²) in [6, 6.07) is 10.4. The number of rotatable bonds is 2. The SMILES string of the molecule is Cc1cccc(Cn2c(Br)cc3c(N)ncnc32)c1. The fourth-order valence-corrected chi connectivity index (χ4v) is 2.72. The molecule has 2 aromatic heterocycles. The minimum Gasteiger partial charge on any atom is -0.383 e. The standard InChI is InChI=1S/C14H13BrN4/c1-9-3-2-4-10(5-9)7-19-12(15)6-11-13(16)17-8-18-14(11)19/h2-6,8H,7H2,1H3,(H2,16,17,18). The minimum atomic E-state index is 0.508. The van der Waals surface area contributed by atoms with E-state index in [1.807, 2.05) is 6.07 Å². The van der Waals surface area contributed by atoms with Crippen LogP contribution in [0.3, 0.4) is 0 Å². The first-order valence-electron chi connectivity index (χ1n) is 5.96. The zero-order valence-electron chi connectivity index (χ0n) is 10.5. The molecule has 2 N–H and O–H groups in total. The summed E-state index contributed by atoms with van der Waals surface area (Å²) in [5.74, 6) is 0.508. The molecule has 0 aliphatic rings. The Kier molecular flexibility index (Phi) is 2.98. The van der Waals surface area contributed by atoms with Gasteiger partial charge in [0.05, 0.1) is 16.5 Å². The van der Waals surface area contributed by atoms with E-state index in [0.29, 0.717) is 5.82 Å². The molecule has 0 bridgehead atoms. The third-order valence-electron chi connectivity index (χ3n) is 3.09. The Morgan fingerprint density at radius 3 is 2.89 bits per heavy atom. The van der Waals surface area contributed by atoms with Crippen LogP contribution < -0.4 is 5.73 Å². The largest absolute Gasteiger partial charge is 0.383 e. The zero-order chi connectivity index (χ0) is 13.4. The number of aryl methyl sites for hydroxylation is 1. The van der Waals surface area contributed by atoms with Gasteiger partial charge in [0.2, 0.25) is 0 Å². The van der Waals surface area contributed by atoms with Gasteiger partial charge in [-0.15, -0.1) is 0 Å². The predicted molar refractivity (Wildman–Crippen MR) is 79.9 cm³/mol. The minimum absolute atomic E-state index is 0.508. The van der Waals surface area contributed by atoms with Gasteiger partial charge in [-0.1, -0.05) is 29.8 Å². The van der Waals surface area contributed by atoms with Crippen LogP contribution in [0.15, 0.2) is 41.3 Å². The highest BCUT2D eigenvalue weighted by atomic mass is 79.9. The van der Waals surface area contributed by atoms with Gasteiger partial charge < -0.3 is 10.3 Å². The molecular formula is C14H13BrN4. The summed E-state index contributed by atoms with van der Waals surface area (Å²) in [4.78, 5) is 8.34. The Morgan fingerprint density at radius 2 is 2.11 bits per heavy atom. The Balaban J connectivity index is 2.10. The van der Waals surface area contributed by atoms with Gasteiger partial charge in [0.1, 0.15) is 17.8 Å². The number of hydrogen-bond acceptors (Lipinski definition) is 3. The number of nitrogens with zero attached hydrogens (tertiary/aromatic N) is 3. The number of benzene rings is 1. The van der Waals surface area contributed by atoms with Crippen LogP contribution >= 0.6 is 15.9 Å². The Hall–Kier alpha value is -1.88. The first kappa shape index (κ1) is 12.2. The second kappa shape index (κ2) is 4.66. The van der Waals surface area contributed by atoms with E-state index in [4.69, 9.17) is 5.73 Å². The third-order valence-corrected chi connectivity index (χ3v) is 3.75. The monoisotopic (exact) mass is 316 g/mol. The summed E-state index contributed by atoms with van der Waals surface area (Å²) in [7, 11) is 0. The number of nitrogen functional groups attached to an aromatic ring is 1. The van der Waals surface area contributed by atoms with E-state index in [9.17, 15) is 0 Å². The molecule has 0 saturated heterocycles. The van der Waals surface area contributed by atoms with E-state index in [2.05, 4.69) is 61.7 Å². The van der Waals surface area contributed by atoms with Gasteiger partial charge >= 0.3 is 0 Å². The molecule has 0 saturated carbocycles. The van der Waals surface area contributed by atoms with E-state index < -0.39 is 0 Å². The summed E-state index contributed by atoms with van der Waals surface area (Å²) in [6.07, 6.45) is 1.50. The maximum Gasteiger partial charge on any atom is 0.146 e. The van der Waals surface area contributed by atoms with Crippen molar-refractivity contribution in [3.05, 3.63) is 52.4 Å². The van der Waals surface area contributed by atoms with Crippen molar-refractivity contribution in [2.75, 3.05) is 5.73 Å². The summed E-state index contributed by atoms with van der Waals surface area (Å²) < 4.78 is 3.04. The number of aromatic nitrogens is 3. The molecule has 2 heterocycles. The zero-order valence-corrected chi connectivity index (χ0v) is 12.1. The average Bonchev–Trinajstić information content (AvgIpc) is 2.69. The molecule has 19 heavy (non-hydrogen) atoms. The van der Waals surface area contributed by atoms with Crippen molar-refractivity contribution in [1.82, 2.24) is 14.5 Å². The average molecular weight is 317 g/mol. The van der Waals surface area contributed by atoms with E-state index in [0.717, 1.165) is 22.2 Å². The molecular weight excluding hydrogens is 304 g/mol. The number of nitrogens with two attached hydrogens (primary N) is 1. The number of hydrogen-bond donors (Lipinski definition) is 1. The molecule has 96 valence electrons. The third kappa shape index (κ3) is 2.21. The van der Waals surface area contributed by atoms with E-state index in [-0.39, 0.29) is 0 Å². The second-order valence-electron chi connectivity index (χ2n) is 4.54. The van der Waals surface area contributed by atoms with Crippen molar-refractivity contribution in [2.24, 2.45) is 0 Å². The molecule has 0 spiro atoms. The van der Waals surface area contributed by atoms with Crippen molar-refractivity contribution in [3.63, 3.8) is 0 Å². The molecule has 0 fully saturated rings. The fourth-order valence-electron chi connectivity index (χ4n) is 2.19. The van der Waals surface area contributed by atoms with E-state index in [1.54, 1.807) is 0 Å². The van der Waals surface area contributed by atoms with Gasteiger partial charge in [-0.2, -0.15) is 0 Å². The highest BCUT2D eigenvalue weighted by Gasteiger charge is 2.11. The van der Waals surface area contributed by atoms with Crippen LogP contribution in [0, 0.1) is 6.92 Å². The normalized spacial score (nSPS) is 11.1. The van der Waals surface area contributed by atoms with E-state index >= 15 is 0 Å². The molecule has 3 aromatic rings. The summed E-state index contributed by atoms with van der Waals surface area (Å²) in [5, 5.41) is 0.877. The molecule has 0 aliphatic heterocycles. The second-order valence-corrected chi connectivity index (χ2v) is 5.35. The van der Waals surface area contributed by atoms with E-state index in [1.165, 1.54) is 17.5 Å². The van der Waals surface area contributed by atoms with Crippen LogP contribution in [0.4, 0.5) is 5.82 Å². The molecule has 3 rings (SSSR count). The Labute approximate surface area is 119 Å². The Morgan fingerprint density at radius 1 is 1.26 bits per heavy atom. The molecule has 0 radical (unpaired) electrons. The highest BCUT2D eigenvalue weighted by molar-refractivity contribution is 9.10. The van der Waals surface area contributed by atoms with Gasteiger partial charge in [-0.3, -0.25) is 0 Å². The molecule has 0 atom stereocenters. The molecule has 0 amide bonds. The van der Waals surface area contributed by atoms with Crippen LogP contribution in [-0.2, 0) is 6.54 Å². The number of fused-ring (bicyclic) bond motifs is 1. The predicted octanol–water partition coefficient (Wildman–Crippen LogP) is 3.13. The first-order valence-corrected chi connectivity index (χ1v) is 6.75. The summed E-state index contributed by atoms with van der Waals surface area (Å²) >= 11 is 3.56. The van der Waals surface area contributed by atoms with Crippen molar-refractivity contribution < 1.29 is 0 Å². The van der Waals surface area contributed by atoms with Crippen molar-refractivity contribution in [1.29, 1.82) is 0 Å². The lowest BCUT2D eigenvalue weighted by Crippen LogP contribution is -2.02. The van der Waals surface area contributed by atoms with Crippen LogP contribution in [0.25, 0.3) is 11.0 Å². The fraction of sp³-hybridized carbons (Fsp3) is 0.143. The van der Waals surface area contributed by atoms with Gasteiger partial charge in [0.25, 0.3) is 0 Å². The molecule has 4 nitrogen and oxygen atoms in total. The van der Waals surface area contributed by atoms with Gasteiger partial charge in [0.15, 0.2) is 0 Å². The Bertz CT molecular complexity index is 748. The smallest absolute Gasteiger partial charge is 0.146 e. The molecule has 0 aliphatic carbocycles. The maximum atomic E-state index is 5.87. The van der Waals surface area contributed by atoms with Crippen LogP contribution in [0.5, 0.6) is 0 Å². The van der Waals surface area contributed by atoms with Gasteiger partial charge in [-0.25, -0.2) is 9.97 Å². The van der Waals surface area contributed by atoms with Crippen molar-refractivity contribution >= 4 is 32.8 Å². The first-order chi connectivity index (χ1) is 9.15. The lowest BCUT2D eigenvalue weighted by molar-refractivity contribution is 0.804. The quantitative estimate of drug-likeness (QED) is 0.790.